The molecule has 0 bridgehead atoms. The van der Waals surface area contributed by atoms with E-state index >= 15 is 0 Å². The second kappa shape index (κ2) is 4.11. The van der Waals surface area contributed by atoms with Gasteiger partial charge >= 0.3 is 0 Å². The van der Waals surface area contributed by atoms with Gasteiger partial charge in [0, 0.05) is 21.8 Å². The first-order chi connectivity index (χ1) is 6.78. The maximum Gasteiger partial charge on any atom is 0.251 e. The summed E-state index contributed by atoms with van der Waals surface area (Å²) in [5, 5.41) is 3.30. The molecule has 0 aliphatic rings. The highest BCUT2D eigenvalue weighted by atomic mass is 35.5. The molecule has 0 aromatic heterocycles. The van der Waals surface area contributed by atoms with Gasteiger partial charge in [-0.15, -0.1) is 0 Å². The Morgan fingerprint density at radius 1 is 1.33 bits per heavy atom. The van der Waals surface area contributed by atoms with Crippen molar-refractivity contribution in [3.63, 3.8) is 0 Å². The molecular weight excluding hydrogens is 212 g/mol. The molecule has 82 valence electrons. The van der Waals surface area contributed by atoms with Crippen LogP contribution in [0, 0.1) is 0 Å². The van der Waals surface area contributed by atoms with Crippen LogP contribution in [0.4, 0.5) is 5.69 Å². The van der Waals surface area contributed by atoms with Crippen LogP contribution in [0.1, 0.15) is 31.1 Å². The summed E-state index contributed by atoms with van der Waals surface area (Å²) < 4.78 is 0. The molecule has 0 heterocycles. The van der Waals surface area contributed by atoms with Gasteiger partial charge in [0.05, 0.1) is 0 Å². The van der Waals surface area contributed by atoms with Gasteiger partial charge in [-0.3, -0.25) is 4.79 Å². The number of hydrogen-bond acceptors (Lipinski definition) is 2. The van der Waals surface area contributed by atoms with Crippen molar-refractivity contribution in [3.05, 3.63) is 28.8 Å². The highest BCUT2D eigenvalue weighted by Gasteiger charge is 2.15. The highest BCUT2D eigenvalue weighted by Crippen LogP contribution is 2.17. The van der Waals surface area contributed by atoms with Gasteiger partial charge in [-0.2, -0.15) is 0 Å². The third kappa shape index (κ3) is 3.80. The fourth-order valence-electron chi connectivity index (χ4n) is 1.16. The smallest absolute Gasteiger partial charge is 0.251 e. The van der Waals surface area contributed by atoms with E-state index in [0.29, 0.717) is 16.3 Å². The molecule has 1 rings (SSSR count). The summed E-state index contributed by atoms with van der Waals surface area (Å²) in [6.45, 7) is 5.75. The van der Waals surface area contributed by atoms with Crippen molar-refractivity contribution in [1.29, 1.82) is 0 Å². The Hall–Kier alpha value is -1.22. The van der Waals surface area contributed by atoms with Gasteiger partial charge in [0.15, 0.2) is 0 Å². The van der Waals surface area contributed by atoms with Crippen LogP contribution < -0.4 is 11.1 Å². The predicted molar refractivity (Wildman–Crippen MR) is 63.1 cm³/mol. The number of benzene rings is 1. The van der Waals surface area contributed by atoms with Crippen molar-refractivity contribution in [2.45, 2.75) is 26.3 Å². The second-order valence-corrected chi connectivity index (χ2v) is 4.91. The van der Waals surface area contributed by atoms with Gasteiger partial charge in [0.1, 0.15) is 0 Å². The molecule has 1 aromatic rings. The normalized spacial score (nSPS) is 11.2. The fraction of sp³-hybridized carbons (Fsp3) is 0.364. The summed E-state index contributed by atoms with van der Waals surface area (Å²) in [5.41, 5.74) is 6.30. The van der Waals surface area contributed by atoms with Crippen molar-refractivity contribution < 1.29 is 4.79 Å². The Kier molecular flexibility index (Phi) is 3.25. The van der Waals surface area contributed by atoms with Gasteiger partial charge in [-0.1, -0.05) is 11.6 Å². The van der Waals surface area contributed by atoms with E-state index in [-0.39, 0.29) is 11.4 Å². The van der Waals surface area contributed by atoms with E-state index in [1.165, 1.54) is 0 Å². The summed E-state index contributed by atoms with van der Waals surface area (Å²) in [6, 6.07) is 4.81. The van der Waals surface area contributed by atoms with E-state index in [2.05, 4.69) is 5.32 Å². The number of nitrogens with one attached hydrogen (secondary N) is 1. The second-order valence-electron chi connectivity index (χ2n) is 4.48. The Labute approximate surface area is 94.6 Å². The summed E-state index contributed by atoms with van der Waals surface area (Å²) in [4.78, 5) is 11.7. The molecule has 0 spiro atoms. The standard InChI is InChI=1S/C11H15ClN2O/c1-11(2,3)14-10(15)7-4-8(12)6-9(13)5-7/h4-6H,13H2,1-3H3,(H,14,15). The minimum absolute atomic E-state index is 0.170. The van der Waals surface area contributed by atoms with E-state index in [4.69, 9.17) is 17.3 Å². The number of carbonyl (C=O) groups excluding carboxylic acids is 1. The summed E-state index contributed by atoms with van der Waals surface area (Å²) in [5.74, 6) is -0.170. The van der Waals surface area contributed by atoms with Crippen molar-refractivity contribution >= 4 is 23.2 Å². The third-order valence-electron chi connectivity index (χ3n) is 1.67. The molecule has 4 heteroatoms. The Balaban J connectivity index is 2.92. The van der Waals surface area contributed by atoms with Crippen LogP contribution in [0.3, 0.4) is 0 Å². The lowest BCUT2D eigenvalue weighted by Crippen LogP contribution is -2.40. The zero-order valence-corrected chi connectivity index (χ0v) is 9.85. The highest BCUT2D eigenvalue weighted by molar-refractivity contribution is 6.31. The molecule has 0 unspecified atom stereocenters. The van der Waals surface area contributed by atoms with Crippen LogP contribution in [0.25, 0.3) is 0 Å². The van der Waals surface area contributed by atoms with Gasteiger partial charge in [0.25, 0.3) is 5.91 Å². The lowest BCUT2D eigenvalue weighted by Gasteiger charge is -2.20. The van der Waals surface area contributed by atoms with Crippen LogP contribution >= 0.6 is 11.6 Å². The van der Waals surface area contributed by atoms with E-state index in [0.717, 1.165) is 0 Å². The topological polar surface area (TPSA) is 55.1 Å². The van der Waals surface area contributed by atoms with Crippen molar-refractivity contribution in [2.75, 3.05) is 5.73 Å². The number of amides is 1. The zero-order valence-electron chi connectivity index (χ0n) is 9.10. The molecule has 0 radical (unpaired) electrons. The molecule has 1 amide bonds. The monoisotopic (exact) mass is 226 g/mol. The van der Waals surface area contributed by atoms with E-state index in [9.17, 15) is 4.79 Å². The van der Waals surface area contributed by atoms with Crippen molar-refractivity contribution in [2.24, 2.45) is 0 Å². The number of halogens is 1. The summed E-state index contributed by atoms with van der Waals surface area (Å²) in [6.07, 6.45) is 0. The zero-order chi connectivity index (χ0) is 11.6. The molecule has 0 atom stereocenters. The molecule has 0 saturated heterocycles. The maximum absolute atomic E-state index is 11.7. The van der Waals surface area contributed by atoms with Gasteiger partial charge in [-0.25, -0.2) is 0 Å². The molecule has 3 nitrogen and oxygen atoms in total. The first kappa shape index (κ1) is 11.9. The molecule has 0 fully saturated rings. The quantitative estimate of drug-likeness (QED) is 0.723. The maximum atomic E-state index is 11.7. The lowest BCUT2D eigenvalue weighted by molar-refractivity contribution is 0.0919. The van der Waals surface area contributed by atoms with Crippen LogP contribution in [0.5, 0.6) is 0 Å². The number of anilines is 1. The molecule has 1 aromatic carbocycles. The number of hydrogen-bond donors (Lipinski definition) is 2. The predicted octanol–water partition coefficient (Wildman–Crippen LogP) is 2.45. The average molecular weight is 227 g/mol. The van der Waals surface area contributed by atoms with E-state index in [1.807, 2.05) is 20.8 Å². The van der Waals surface area contributed by atoms with Crippen LogP contribution in [-0.4, -0.2) is 11.4 Å². The van der Waals surface area contributed by atoms with E-state index in [1.54, 1.807) is 18.2 Å². The first-order valence-electron chi connectivity index (χ1n) is 4.66. The minimum Gasteiger partial charge on any atom is -0.399 e. The molecule has 0 saturated carbocycles. The molecule has 15 heavy (non-hydrogen) atoms. The average Bonchev–Trinajstić information content (AvgIpc) is 1.98. The Morgan fingerprint density at radius 3 is 2.40 bits per heavy atom. The van der Waals surface area contributed by atoms with Crippen LogP contribution in [0.2, 0.25) is 5.02 Å². The van der Waals surface area contributed by atoms with Crippen LogP contribution in [-0.2, 0) is 0 Å². The number of rotatable bonds is 1. The van der Waals surface area contributed by atoms with Crippen molar-refractivity contribution in [3.8, 4) is 0 Å². The van der Waals surface area contributed by atoms with Gasteiger partial charge < -0.3 is 11.1 Å². The number of nitrogen functional groups attached to an aromatic ring is 1. The lowest BCUT2D eigenvalue weighted by atomic mass is 10.1. The molecule has 0 aliphatic heterocycles. The largest absolute Gasteiger partial charge is 0.399 e. The summed E-state index contributed by atoms with van der Waals surface area (Å²) in [7, 11) is 0. The van der Waals surface area contributed by atoms with Gasteiger partial charge in [-0.05, 0) is 39.0 Å². The first-order valence-corrected chi connectivity index (χ1v) is 5.04. The SMILES string of the molecule is CC(C)(C)NC(=O)c1cc(N)cc(Cl)c1. The number of carbonyl (C=O) groups is 1. The molecule has 0 aliphatic carbocycles. The third-order valence-corrected chi connectivity index (χ3v) is 1.89. The van der Waals surface area contributed by atoms with Crippen LogP contribution in [0.15, 0.2) is 18.2 Å². The van der Waals surface area contributed by atoms with Crippen molar-refractivity contribution in [1.82, 2.24) is 5.32 Å². The molecule has 3 N–H and O–H groups in total. The minimum atomic E-state index is -0.270. The fourth-order valence-corrected chi connectivity index (χ4v) is 1.40. The summed E-state index contributed by atoms with van der Waals surface area (Å²) >= 11 is 5.81. The molecular formula is C11H15ClN2O. The Bertz CT molecular complexity index is 362. The van der Waals surface area contributed by atoms with E-state index < -0.39 is 0 Å². The number of nitrogens with two attached hydrogens (primary N) is 1. The Morgan fingerprint density at radius 2 is 1.93 bits per heavy atom. The van der Waals surface area contributed by atoms with Gasteiger partial charge in [0.2, 0.25) is 0 Å².